The summed E-state index contributed by atoms with van der Waals surface area (Å²) in [7, 11) is 0. The normalized spacial score (nSPS) is 11.1. The zero-order valence-corrected chi connectivity index (χ0v) is 11.4. The summed E-state index contributed by atoms with van der Waals surface area (Å²) in [5.41, 5.74) is 0.950. The van der Waals surface area contributed by atoms with E-state index in [1.807, 2.05) is 0 Å². The number of alkyl halides is 1. The number of halogens is 1. The van der Waals surface area contributed by atoms with E-state index >= 15 is 0 Å². The van der Waals surface area contributed by atoms with Crippen LogP contribution < -0.4 is 5.32 Å². The zero-order valence-electron chi connectivity index (χ0n) is 9.78. The Balaban J connectivity index is 3.09. The molecule has 0 fully saturated rings. The predicted molar refractivity (Wildman–Crippen MR) is 69.5 cm³/mol. The minimum Gasteiger partial charge on any atom is -0.319 e. The summed E-state index contributed by atoms with van der Waals surface area (Å²) in [5, 5.41) is 13.4. The summed E-state index contributed by atoms with van der Waals surface area (Å²) >= 11 is 3.20. The van der Waals surface area contributed by atoms with Crippen molar-refractivity contribution in [3.05, 3.63) is 33.9 Å². The van der Waals surface area contributed by atoms with E-state index in [1.54, 1.807) is 32.9 Å². The summed E-state index contributed by atoms with van der Waals surface area (Å²) in [6.45, 7) is 5.15. The minimum atomic E-state index is -0.773. The second-order valence-electron chi connectivity index (χ2n) is 4.20. The van der Waals surface area contributed by atoms with Crippen molar-refractivity contribution < 1.29 is 9.72 Å². The van der Waals surface area contributed by atoms with E-state index in [1.165, 1.54) is 6.07 Å². The Bertz CT molecular complexity index is 466. The lowest BCUT2D eigenvalue weighted by Gasteiger charge is -2.16. The van der Waals surface area contributed by atoms with E-state index in [4.69, 9.17) is 0 Å². The monoisotopic (exact) mass is 300 g/mol. The highest BCUT2D eigenvalue weighted by Crippen LogP contribution is 2.27. The maximum atomic E-state index is 11.7. The van der Waals surface area contributed by atoms with E-state index in [9.17, 15) is 14.9 Å². The molecule has 0 saturated heterocycles. The van der Waals surface area contributed by atoms with E-state index in [-0.39, 0.29) is 17.3 Å². The molecule has 0 aliphatic rings. The van der Waals surface area contributed by atoms with Gasteiger partial charge in [-0.05, 0) is 32.4 Å². The predicted octanol–water partition coefficient (Wildman–Crippen LogP) is 3.02. The SMILES string of the molecule is Cc1ccc([N+](=O)[O-])c(NC(=O)C(C)(C)Br)c1. The van der Waals surface area contributed by atoms with Gasteiger partial charge in [0.25, 0.3) is 5.69 Å². The number of nitro groups is 1. The fourth-order valence-electron chi connectivity index (χ4n) is 1.18. The number of carbonyl (C=O) groups is 1. The van der Waals surface area contributed by atoms with E-state index < -0.39 is 9.25 Å². The molecule has 1 N–H and O–H groups in total. The van der Waals surface area contributed by atoms with E-state index in [0.29, 0.717) is 0 Å². The first-order chi connectivity index (χ1) is 7.71. The molecule has 0 bridgehead atoms. The molecule has 0 heterocycles. The van der Waals surface area contributed by atoms with Crippen LogP contribution in [0.5, 0.6) is 0 Å². The molecule has 0 spiro atoms. The van der Waals surface area contributed by atoms with Gasteiger partial charge >= 0.3 is 0 Å². The molecule has 0 unspecified atom stereocenters. The molecule has 5 nitrogen and oxygen atoms in total. The molecular weight excluding hydrogens is 288 g/mol. The number of nitro benzene ring substituents is 1. The average Bonchev–Trinajstić information content (AvgIpc) is 2.15. The average molecular weight is 301 g/mol. The van der Waals surface area contributed by atoms with Crippen LogP contribution in [0, 0.1) is 17.0 Å². The van der Waals surface area contributed by atoms with E-state index in [2.05, 4.69) is 21.2 Å². The van der Waals surface area contributed by atoms with Crippen LogP contribution in [0.25, 0.3) is 0 Å². The highest BCUT2D eigenvalue weighted by atomic mass is 79.9. The quantitative estimate of drug-likeness (QED) is 0.530. The van der Waals surface area contributed by atoms with Crippen molar-refractivity contribution in [2.75, 3.05) is 5.32 Å². The molecule has 0 aliphatic heterocycles. The number of amides is 1. The van der Waals surface area contributed by atoms with Gasteiger partial charge in [-0.15, -0.1) is 0 Å². The molecule has 1 amide bonds. The van der Waals surface area contributed by atoms with Crippen molar-refractivity contribution >= 4 is 33.2 Å². The van der Waals surface area contributed by atoms with Crippen molar-refractivity contribution in [1.29, 1.82) is 0 Å². The minimum absolute atomic E-state index is 0.110. The van der Waals surface area contributed by atoms with E-state index in [0.717, 1.165) is 5.56 Å². The topological polar surface area (TPSA) is 72.2 Å². The Morgan fingerprint density at radius 3 is 2.53 bits per heavy atom. The number of hydrogen-bond donors (Lipinski definition) is 1. The second-order valence-corrected chi connectivity index (χ2v) is 6.19. The van der Waals surface area contributed by atoms with Crippen molar-refractivity contribution in [3.63, 3.8) is 0 Å². The van der Waals surface area contributed by atoms with Gasteiger partial charge in [0.05, 0.1) is 9.25 Å². The van der Waals surface area contributed by atoms with Gasteiger partial charge in [0.1, 0.15) is 5.69 Å². The molecular formula is C11H13BrN2O3. The summed E-state index contributed by atoms with van der Waals surface area (Å²) in [5.74, 6) is -0.328. The van der Waals surface area contributed by atoms with Crippen LogP contribution in [0.15, 0.2) is 18.2 Å². The molecule has 0 aromatic heterocycles. The molecule has 6 heteroatoms. The van der Waals surface area contributed by atoms with Gasteiger partial charge in [-0.25, -0.2) is 0 Å². The molecule has 1 aromatic rings. The van der Waals surface area contributed by atoms with Gasteiger partial charge < -0.3 is 5.32 Å². The Kier molecular flexibility index (Phi) is 3.87. The highest BCUT2D eigenvalue weighted by Gasteiger charge is 2.26. The van der Waals surface area contributed by atoms with Crippen molar-refractivity contribution in [1.82, 2.24) is 0 Å². The maximum absolute atomic E-state index is 11.7. The third-order valence-electron chi connectivity index (χ3n) is 2.14. The van der Waals surface area contributed by atoms with Gasteiger partial charge in [-0.1, -0.05) is 22.0 Å². The molecule has 1 aromatic carbocycles. The van der Waals surface area contributed by atoms with Crippen molar-refractivity contribution in [3.8, 4) is 0 Å². The molecule has 1 rings (SSSR count). The summed E-state index contributed by atoms with van der Waals surface area (Å²) < 4.78 is -0.773. The van der Waals surface area contributed by atoms with Gasteiger partial charge in [0, 0.05) is 6.07 Å². The van der Waals surface area contributed by atoms with Gasteiger partial charge in [-0.2, -0.15) is 0 Å². The van der Waals surface area contributed by atoms with Crippen LogP contribution in [0.1, 0.15) is 19.4 Å². The largest absolute Gasteiger partial charge is 0.319 e. The van der Waals surface area contributed by atoms with Crippen LogP contribution in [0.4, 0.5) is 11.4 Å². The number of nitrogens with one attached hydrogen (secondary N) is 1. The summed E-state index contributed by atoms with van der Waals surface area (Å²) in [4.78, 5) is 22.0. The fourth-order valence-corrected chi connectivity index (χ4v) is 1.28. The third-order valence-corrected chi connectivity index (χ3v) is 2.50. The Hall–Kier alpha value is -1.43. The van der Waals surface area contributed by atoms with Gasteiger partial charge in [0.2, 0.25) is 5.91 Å². The van der Waals surface area contributed by atoms with Crippen molar-refractivity contribution in [2.24, 2.45) is 0 Å². The zero-order chi connectivity index (χ0) is 13.2. The number of anilines is 1. The smallest absolute Gasteiger partial charge is 0.292 e. The Labute approximate surface area is 107 Å². The number of rotatable bonds is 3. The number of nitrogens with zero attached hydrogens (tertiary/aromatic N) is 1. The lowest BCUT2D eigenvalue weighted by molar-refractivity contribution is -0.383. The maximum Gasteiger partial charge on any atom is 0.292 e. The van der Waals surface area contributed by atoms with Gasteiger partial charge in [0.15, 0.2) is 0 Å². The van der Waals surface area contributed by atoms with Crippen LogP contribution in [0.2, 0.25) is 0 Å². The molecule has 92 valence electrons. The highest BCUT2D eigenvalue weighted by molar-refractivity contribution is 9.10. The van der Waals surface area contributed by atoms with Gasteiger partial charge in [-0.3, -0.25) is 14.9 Å². The summed E-state index contributed by atoms with van der Waals surface area (Å²) in [6.07, 6.45) is 0. The molecule has 0 atom stereocenters. The molecule has 0 saturated carbocycles. The Morgan fingerprint density at radius 2 is 2.06 bits per heavy atom. The van der Waals surface area contributed by atoms with Crippen LogP contribution in [-0.2, 0) is 4.79 Å². The van der Waals surface area contributed by atoms with Crippen LogP contribution in [0.3, 0.4) is 0 Å². The van der Waals surface area contributed by atoms with Crippen LogP contribution >= 0.6 is 15.9 Å². The lowest BCUT2D eigenvalue weighted by atomic mass is 10.1. The second kappa shape index (κ2) is 4.83. The lowest BCUT2D eigenvalue weighted by Crippen LogP contribution is -2.31. The van der Waals surface area contributed by atoms with Crippen molar-refractivity contribution in [2.45, 2.75) is 25.1 Å². The number of aryl methyl sites for hydroxylation is 1. The first-order valence-corrected chi connectivity index (χ1v) is 5.76. The number of hydrogen-bond acceptors (Lipinski definition) is 3. The fraction of sp³-hybridized carbons (Fsp3) is 0.364. The first-order valence-electron chi connectivity index (χ1n) is 4.97. The number of carbonyl (C=O) groups excluding carboxylic acids is 1. The molecule has 17 heavy (non-hydrogen) atoms. The first kappa shape index (κ1) is 13.6. The standard InChI is InChI=1S/C11H13BrN2O3/c1-7-4-5-9(14(16)17)8(6-7)13-10(15)11(2,3)12/h4-6H,1-3H3,(H,13,15). The third kappa shape index (κ3) is 3.52. The Morgan fingerprint density at radius 1 is 1.47 bits per heavy atom. The summed E-state index contributed by atoms with van der Waals surface area (Å²) in [6, 6.07) is 4.59. The number of benzene rings is 1. The van der Waals surface area contributed by atoms with Crippen LogP contribution in [-0.4, -0.2) is 15.2 Å². The molecule has 0 radical (unpaired) electrons. The molecule has 0 aliphatic carbocycles.